The Morgan fingerprint density at radius 3 is 2.18 bits per heavy atom. The maximum absolute atomic E-state index is 11.1. The molecule has 3 N–H and O–H groups in total. The fourth-order valence-electron chi connectivity index (χ4n) is 3.82. The van der Waals surface area contributed by atoms with Crippen LogP contribution in [0, 0.1) is 5.92 Å². The van der Waals surface area contributed by atoms with Crippen molar-refractivity contribution in [3.63, 3.8) is 0 Å². The molecule has 0 aromatic heterocycles. The normalized spacial score (nSPS) is 39.4. The molecular weight excluding hydrogens is 210 g/mol. The van der Waals surface area contributed by atoms with E-state index in [0.29, 0.717) is 0 Å². The lowest BCUT2D eigenvalue weighted by molar-refractivity contribution is -0.0557. The SMILES string of the molecule is CC1CCCC(O)(C2(N)CCCCCC2)CC1. The van der Waals surface area contributed by atoms with E-state index in [4.69, 9.17) is 5.73 Å². The first-order valence-electron chi connectivity index (χ1n) is 7.57. The first-order valence-corrected chi connectivity index (χ1v) is 7.57. The summed E-state index contributed by atoms with van der Waals surface area (Å²) in [5.74, 6) is 0.762. The second kappa shape index (κ2) is 5.27. The van der Waals surface area contributed by atoms with Crippen molar-refractivity contribution in [2.75, 3.05) is 0 Å². The van der Waals surface area contributed by atoms with Crippen LogP contribution < -0.4 is 5.73 Å². The van der Waals surface area contributed by atoms with Gasteiger partial charge in [0.15, 0.2) is 0 Å². The molecule has 0 spiro atoms. The fraction of sp³-hybridized carbons (Fsp3) is 1.00. The van der Waals surface area contributed by atoms with Gasteiger partial charge in [-0.05, 0) is 38.0 Å². The van der Waals surface area contributed by atoms with Gasteiger partial charge in [0.2, 0.25) is 0 Å². The molecule has 2 aliphatic carbocycles. The van der Waals surface area contributed by atoms with Gasteiger partial charge >= 0.3 is 0 Å². The molecule has 0 amide bonds. The summed E-state index contributed by atoms with van der Waals surface area (Å²) in [5.41, 5.74) is 5.75. The van der Waals surface area contributed by atoms with Crippen molar-refractivity contribution in [2.24, 2.45) is 11.7 Å². The molecule has 17 heavy (non-hydrogen) atoms. The third-order valence-electron chi connectivity index (χ3n) is 5.26. The highest BCUT2D eigenvalue weighted by Gasteiger charge is 2.47. The van der Waals surface area contributed by atoms with Crippen LogP contribution >= 0.6 is 0 Å². The molecule has 2 fully saturated rings. The van der Waals surface area contributed by atoms with Gasteiger partial charge in [-0.3, -0.25) is 0 Å². The molecule has 2 saturated carbocycles. The average Bonchev–Trinajstić information content (AvgIpc) is 2.61. The molecular formula is C15H29NO. The van der Waals surface area contributed by atoms with Crippen LogP contribution in [0.15, 0.2) is 0 Å². The molecule has 2 rings (SSSR count). The summed E-state index contributed by atoms with van der Waals surface area (Å²) in [6.07, 6.45) is 12.5. The quantitative estimate of drug-likeness (QED) is 0.689. The van der Waals surface area contributed by atoms with Crippen LogP contribution in [-0.2, 0) is 0 Å². The van der Waals surface area contributed by atoms with E-state index in [1.54, 1.807) is 0 Å². The molecule has 0 aromatic rings. The van der Waals surface area contributed by atoms with Crippen molar-refractivity contribution in [2.45, 2.75) is 88.7 Å². The van der Waals surface area contributed by atoms with Crippen LogP contribution in [0.3, 0.4) is 0 Å². The first-order chi connectivity index (χ1) is 8.06. The van der Waals surface area contributed by atoms with Gasteiger partial charge in [-0.2, -0.15) is 0 Å². The van der Waals surface area contributed by atoms with E-state index in [1.165, 1.54) is 32.1 Å². The summed E-state index contributed by atoms with van der Waals surface area (Å²) in [4.78, 5) is 0. The fourth-order valence-corrected chi connectivity index (χ4v) is 3.82. The summed E-state index contributed by atoms with van der Waals surface area (Å²) in [5, 5.41) is 11.1. The van der Waals surface area contributed by atoms with Crippen molar-refractivity contribution >= 4 is 0 Å². The van der Waals surface area contributed by atoms with Gasteiger partial charge in [0, 0.05) is 5.54 Å². The molecule has 0 saturated heterocycles. The molecule has 2 heteroatoms. The van der Waals surface area contributed by atoms with Gasteiger partial charge in [-0.15, -0.1) is 0 Å². The topological polar surface area (TPSA) is 46.2 Å². The van der Waals surface area contributed by atoms with Gasteiger partial charge in [-0.1, -0.05) is 45.4 Å². The number of rotatable bonds is 1. The van der Waals surface area contributed by atoms with Gasteiger partial charge in [0.05, 0.1) is 5.60 Å². The van der Waals surface area contributed by atoms with Crippen LogP contribution in [0.5, 0.6) is 0 Å². The Morgan fingerprint density at radius 1 is 0.882 bits per heavy atom. The average molecular weight is 239 g/mol. The minimum Gasteiger partial charge on any atom is -0.388 e. The third kappa shape index (κ3) is 2.85. The van der Waals surface area contributed by atoms with E-state index >= 15 is 0 Å². The Bertz CT molecular complexity index is 245. The number of hydrogen-bond donors (Lipinski definition) is 2. The Kier molecular flexibility index (Phi) is 4.14. The van der Waals surface area contributed by atoms with Crippen molar-refractivity contribution in [1.82, 2.24) is 0 Å². The molecule has 0 bridgehead atoms. The summed E-state index contributed by atoms with van der Waals surface area (Å²) in [6.45, 7) is 2.31. The number of nitrogens with two attached hydrogens (primary N) is 1. The predicted molar refractivity (Wildman–Crippen MR) is 71.8 cm³/mol. The molecule has 0 heterocycles. The molecule has 0 radical (unpaired) electrons. The van der Waals surface area contributed by atoms with Gasteiger partial charge in [-0.25, -0.2) is 0 Å². The predicted octanol–water partition coefficient (Wildman–Crippen LogP) is 3.37. The van der Waals surface area contributed by atoms with E-state index in [2.05, 4.69) is 6.92 Å². The van der Waals surface area contributed by atoms with Gasteiger partial charge < -0.3 is 10.8 Å². The zero-order valence-electron chi connectivity index (χ0n) is 11.4. The maximum Gasteiger partial charge on any atom is 0.0826 e. The first kappa shape index (κ1) is 13.4. The molecule has 2 nitrogen and oxygen atoms in total. The highest BCUT2D eigenvalue weighted by molar-refractivity contribution is 5.04. The van der Waals surface area contributed by atoms with E-state index in [1.807, 2.05) is 0 Å². The van der Waals surface area contributed by atoms with Gasteiger partial charge in [0.25, 0.3) is 0 Å². The Hall–Kier alpha value is -0.0800. The molecule has 2 aliphatic rings. The molecule has 2 unspecified atom stereocenters. The summed E-state index contributed by atoms with van der Waals surface area (Å²) in [6, 6.07) is 0. The lowest BCUT2D eigenvalue weighted by Crippen LogP contribution is -2.60. The van der Waals surface area contributed by atoms with Crippen LogP contribution in [0.4, 0.5) is 0 Å². The summed E-state index contributed by atoms with van der Waals surface area (Å²) >= 11 is 0. The van der Waals surface area contributed by atoms with Crippen molar-refractivity contribution in [3.05, 3.63) is 0 Å². The lowest BCUT2D eigenvalue weighted by Gasteiger charge is -2.44. The largest absolute Gasteiger partial charge is 0.388 e. The monoisotopic (exact) mass is 239 g/mol. The van der Waals surface area contributed by atoms with Gasteiger partial charge in [0.1, 0.15) is 0 Å². The van der Waals surface area contributed by atoms with E-state index in [9.17, 15) is 5.11 Å². The van der Waals surface area contributed by atoms with E-state index < -0.39 is 5.60 Å². The minimum absolute atomic E-state index is 0.298. The second-order valence-corrected chi connectivity index (χ2v) is 6.64. The molecule has 0 aliphatic heterocycles. The number of aliphatic hydroxyl groups is 1. The number of hydrogen-bond acceptors (Lipinski definition) is 2. The molecule has 2 atom stereocenters. The summed E-state index contributed by atoms with van der Waals surface area (Å²) < 4.78 is 0. The Balaban J connectivity index is 2.11. The van der Waals surface area contributed by atoms with Crippen LogP contribution in [-0.4, -0.2) is 16.2 Å². The standard InChI is InChI=1S/C15H29NO/c1-13-7-6-11-15(17,12-8-13)14(16)9-4-2-3-5-10-14/h13,17H,2-12,16H2,1H3. The molecule has 100 valence electrons. The Labute approximate surface area is 106 Å². The maximum atomic E-state index is 11.1. The smallest absolute Gasteiger partial charge is 0.0826 e. The highest BCUT2D eigenvalue weighted by Crippen LogP contribution is 2.42. The second-order valence-electron chi connectivity index (χ2n) is 6.64. The zero-order valence-corrected chi connectivity index (χ0v) is 11.4. The summed E-state index contributed by atoms with van der Waals surface area (Å²) in [7, 11) is 0. The van der Waals surface area contributed by atoms with Crippen molar-refractivity contribution in [1.29, 1.82) is 0 Å². The van der Waals surface area contributed by atoms with Crippen LogP contribution in [0.25, 0.3) is 0 Å². The van der Waals surface area contributed by atoms with Crippen LogP contribution in [0.1, 0.15) is 77.6 Å². The third-order valence-corrected chi connectivity index (χ3v) is 5.26. The van der Waals surface area contributed by atoms with Crippen molar-refractivity contribution in [3.8, 4) is 0 Å². The van der Waals surface area contributed by atoms with Crippen molar-refractivity contribution < 1.29 is 5.11 Å². The van der Waals surface area contributed by atoms with Crippen LogP contribution in [0.2, 0.25) is 0 Å². The highest BCUT2D eigenvalue weighted by atomic mass is 16.3. The lowest BCUT2D eigenvalue weighted by atomic mass is 9.71. The Morgan fingerprint density at radius 2 is 1.53 bits per heavy atom. The molecule has 0 aromatic carbocycles. The minimum atomic E-state index is -0.581. The van der Waals surface area contributed by atoms with E-state index in [-0.39, 0.29) is 5.54 Å². The zero-order chi connectivity index (χ0) is 12.4. The van der Waals surface area contributed by atoms with E-state index in [0.717, 1.165) is 44.4 Å².